The molecule has 2 N–H and O–H groups in total. The first-order chi connectivity index (χ1) is 11.6. The quantitative estimate of drug-likeness (QED) is 0.695. The van der Waals surface area contributed by atoms with Gasteiger partial charge >= 0.3 is 0 Å². The van der Waals surface area contributed by atoms with Crippen LogP contribution in [-0.2, 0) is 6.42 Å². The number of carbonyl (C=O) groups is 1. The van der Waals surface area contributed by atoms with Gasteiger partial charge in [0.25, 0.3) is 5.91 Å². The Balaban J connectivity index is 1.72. The van der Waals surface area contributed by atoms with E-state index in [0.29, 0.717) is 12.2 Å². The molecule has 5 heteroatoms. The molecule has 0 atom stereocenters. The normalized spacial score (nSPS) is 10.6. The monoisotopic (exact) mass is 326 g/mol. The Hall–Kier alpha value is -2.40. The smallest absolute Gasteiger partial charge is 0.269 e. The van der Waals surface area contributed by atoms with Crippen molar-refractivity contribution in [1.29, 1.82) is 0 Å². The number of hydrogen-bond donors (Lipinski definition) is 2. The molecule has 2 aromatic rings. The number of carbonyl (C=O) groups excluding carboxylic acids is 1. The highest BCUT2D eigenvalue weighted by molar-refractivity contribution is 5.92. The Labute approximate surface area is 144 Å². The van der Waals surface area contributed by atoms with Crippen LogP contribution >= 0.6 is 0 Å². The van der Waals surface area contributed by atoms with Gasteiger partial charge in [0.15, 0.2) is 0 Å². The largest absolute Gasteiger partial charge is 0.383 e. The van der Waals surface area contributed by atoms with Crippen molar-refractivity contribution in [1.82, 2.24) is 15.2 Å². The van der Waals surface area contributed by atoms with Crippen LogP contribution in [0.15, 0.2) is 48.7 Å². The maximum atomic E-state index is 12.0. The summed E-state index contributed by atoms with van der Waals surface area (Å²) in [6.45, 7) is 2.45. The second kappa shape index (κ2) is 9.67. The van der Waals surface area contributed by atoms with Gasteiger partial charge in [0, 0.05) is 13.1 Å². The van der Waals surface area contributed by atoms with Crippen molar-refractivity contribution in [3.8, 4) is 0 Å². The van der Waals surface area contributed by atoms with E-state index >= 15 is 0 Å². The topological polar surface area (TPSA) is 57.3 Å². The van der Waals surface area contributed by atoms with Gasteiger partial charge in [-0.3, -0.25) is 4.79 Å². The van der Waals surface area contributed by atoms with Crippen molar-refractivity contribution in [2.45, 2.75) is 12.8 Å². The Kier molecular flexibility index (Phi) is 7.23. The predicted octanol–water partition coefficient (Wildman–Crippen LogP) is 2.42. The summed E-state index contributed by atoms with van der Waals surface area (Å²) < 4.78 is 0. The van der Waals surface area contributed by atoms with Gasteiger partial charge in [-0.1, -0.05) is 30.3 Å². The van der Waals surface area contributed by atoms with Crippen molar-refractivity contribution in [2.75, 3.05) is 39.0 Å². The summed E-state index contributed by atoms with van der Waals surface area (Å²) in [6.07, 6.45) is 3.59. The first-order valence-corrected chi connectivity index (χ1v) is 8.32. The van der Waals surface area contributed by atoms with E-state index in [-0.39, 0.29) is 5.91 Å². The summed E-state index contributed by atoms with van der Waals surface area (Å²) in [5.74, 6) is -0.121. The van der Waals surface area contributed by atoms with Crippen LogP contribution in [0.1, 0.15) is 22.5 Å². The van der Waals surface area contributed by atoms with Crippen LogP contribution < -0.4 is 10.6 Å². The fraction of sp³-hybridized carbons (Fsp3) is 0.368. The van der Waals surface area contributed by atoms with E-state index in [1.54, 1.807) is 12.3 Å². The second-order valence-electron chi connectivity index (χ2n) is 6.01. The molecule has 1 heterocycles. The number of rotatable bonds is 9. The molecule has 128 valence electrons. The second-order valence-corrected chi connectivity index (χ2v) is 6.01. The summed E-state index contributed by atoms with van der Waals surface area (Å²) in [4.78, 5) is 18.3. The fourth-order valence-corrected chi connectivity index (χ4v) is 2.32. The van der Waals surface area contributed by atoms with E-state index in [1.165, 1.54) is 5.56 Å². The third-order valence-electron chi connectivity index (χ3n) is 3.65. The fourth-order valence-electron chi connectivity index (χ4n) is 2.32. The summed E-state index contributed by atoms with van der Waals surface area (Å²) in [6, 6.07) is 14.0. The van der Waals surface area contributed by atoms with E-state index < -0.39 is 0 Å². The molecular weight excluding hydrogens is 300 g/mol. The van der Waals surface area contributed by atoms with Crippen LogP contribution in [0.25, 0.3) is 0 Å². The number of aromatic nitrogens is 1. The number of nitrogens with zero attached hydrogens (tertiary/aromatic N) is 2. The summed E-state index contributed by atoms with van der Waals surface area (Å²) in [5.41, 5.74) is 2.68. The van der Waals surface area contributed by atoms with Gasteiger partial charge in [0.1, 0.15) is 5.69 Å². The Morgan fingerprint density at radius 1 is 1.08 bits per heavy atom. The Bertz CT molecular complexity index is 611. The van der Waals surface area contributed by atoms with Crippen LogP contribution in [0.4, 0.5) is 5.69 Å². The van der Waals surface area contributed by atoms with Gasteiger partial charge in [-0.25, -0.2) is 4.98 Å². The van der Waals surface area contributed by atoms with Crippen molar-refractivity contribution in [3.05, 3.63) is 59.9 Å². The van der Waals surface area contributed by atoms with Gasteiger partial charge < -0.3 is 15.5 Å². The lowest BCUT2D eigenvalue weighted by Crippen LogP contribution is -2.27. The lowest BCUT2D eigenvalue weighted by molar-refractivity contribution is 0.0947. The van der Waals surface area contributed by atoms with Gasteiger partial charge in [0.2, 0.25) is 0 Å². The summed E-state index contributed by atoms with van der Waals surface area (Å²) >= 11 is 0. The molecule has 0 unspecified atom stereocenters. The lowest BCUT2D eigenvalue weighted by atomic mass is 10.1. The zero-order valence-electron chi connectivity index (χ0n) is 14.5. The molecular formula is C19H26N4O. The molecule has 0 spiro atoms. The highest BCUT2D eigenvalue weighted by atomic mass is 16.1. The van der Waals surface area contributed by atoms with Gasteiger partial charge in [0.05, 0.1) is 11.9 Å². The molecule has 0 saturated heterocycles. The zero-order chi connectivity index (χ0) is 17.2. The van der Waals surface area contributed by atoms with Crippen molar-refractivity contribution >= 4 is 11.6 Å². The summed E-state index contributed by atoms with van der Waals surface area (Å²) in [7, 11) is 4.04. The highest BCUT2D eigenvalue weighted by Gasteiger charge is 2.06. The highest BCUT2D eigenvalue weighted by Crippen LogP contribution is 2.07. The number of pyridine rings is 1. The van der Waals surface area contributed by atoms with Gasteiger partial charge in [-0.15, -0.1) is 0 Å². The molecule has 5 nitrogen and oxygen atoms in total. The number of nitrogens with one attached hydrogen (secondary N) is 2. The van der Waals surface area contributed by atoms with E-state index in [1.807, 2.05) is 38.4 Å². The van der Waals surface area contributed by atoms with E-state index in [2.05, 4.69) is 32.7 Å². The van der Waals surface area contributed by atoms with Gasteiger partial charge in [-0.05, 0) is 51.2 Å². The number of amides is 1. The average molecular weight is 326 g/mol. The minimum atomic E-state index is -0.121. The van der Waals surface area contributed by atoms with E-state index in [9.17, 15) is 4.79 Å². The number of hydrogen-bond acceptors (Lipinski definition) is 4. The lowest BCUT2D eigenvalue weighted by Gasteiger charge is -2.10. The molecule has 0 aliphatic heterocycles. The van der Waals surface area contributed by atoms with Crippen LogP contribution in [0.5, 0.6) is 0 Å². The van der Waals surface area contributed by atoms with Gasteiger partial charge in [-0.2, -0.15) is 0 Å². The van der Waals surface area contributed by atoms with E-state index in [0.717, 1.165) is 31.6 Å². The Morgan fingerprint density at radius 3 is 2.54 bits per heavy atom. The minimum absolute atomic E-state index is 0.121. The number of anilines is 1. The first-order valence-electron chi connectivity index (χ1n) is 8.32. The Morgan fingerprint density at radius 2 is 1.88 bits per heavy atom. The predicted molar refractivity (Wildman–Crippen MR) is 98.4 cm³/mol. The maximum absolute atomic E-state index is 12.0. The standard InChI is InChI=1S/C19H26N4O/c1-23(2)14-6-12-21-19(24)18-10-9-17(15-22-18)20-13-11-16-7-4-3-5-8-16/h3-5,7-10,15,20H,6,11-14H2,1-2H3,(H,21,24). The molecule has 0 aliphatic carbocycles. The van der Waals surface area contributed by atoms with Crippen LogP contribution in [0, 0.1) is 0 Å². The summed E-state index contributed by atoms with van der Waals surface area (Å²) in [5, 5.41) is 6.21. The van der Waals surface area contributed by atoms with Crippen LogP contribution in [0.3, 0.4) is 0 Å². The molecule has 2 rings (SSSR count). The maximum Gasteiger partial charge on any atom is 0.269 e. The molecule has 1 amide bonds. The third-order valence-corrected chi connectivity index (χ3v) is 3.65. The van der Waals surface area contributed by atoms with E-state index in [4.69, 9.17) is 0 Å². The molecule has 0 fully saturated rings. The van der Waals surface area contributed by atoms with Crippen molar-refractivity contribution < 1.29 is 4.79 Å². The molecule has 0 radical (unpaired) electrons. The molecule has 0 bridgehead atoms. The molecule has 0 aliphatic rings. The molecule has 24 heavy (non-hydrogen) atoms. The van der Waals surface area contributed by atoms with Crippen LogP contribution in [0.2, 0.25) is 0 Å². The first kappa shape index (κ1) is 17.9. The third kappa shape index (κ3) is 6.38. The average Bonchev–Trinajstić information content (AvgIpc) is 2.60. The number of benzene rings is 1. The zero-order valence-corrected chi connectivity index (χ0v) is 14.5. The molecule has 0 saturated carbocycles. The molecule has 1 aromatic carbocycles. The minimum Gasteiger partial charge on any atom is -0.383 e. The van der Waals surface area contributed by atoms with Crippen LogP contribution in [-0.4, -0.2) is 49.5 Å². The molecule has 1 aromatic heterocycles. The SMILES string of the molecule is CN(C)CCCNC(=O)c1ccc(NCCc2ccccc2)cn1. The van der Waals surface area contributed by atoms with Crippen molar-refractivity contribution in [3.63, 3.8) is 0 Å². The van der Waals surface area contributed by atoms with Crippen molar-refractivity contribution in [2.24, 2.45) is 0 Å².